The lowest BCUT2D eigenvalue weighted by Crippen LogP contribution is -2.17. The van der Waals surface area contributed by atoms with E-state index in [1.807, 2.05) is 20.0 Å². The molecule has 0 fully saturated rings. The summed E-state index contributed by atoms with van der Waals surface area (Å²) in [6.07, 6.45) is 0. The molecule has 0 radical (unpaired) electrons. The zero-order valence-electron chi connectivity index (χ0n) is 6.72. The number of pyridine rings is 1. The summed E-state index contributed by atoms with van der Waals surface area (Å²) in [6.45, 7) is 1.99. The van der Waals surface area contributed by atoms with E-state index in [0.717, 1.165) is 5.69 Å². The molecule has 11 heavy (non-hydrogen) atoms. The minimum Gasteiger partial charge on any atom is -0.325 e. The van der Waals surface area contributed by atoms with Gasteiger partial charge in [-0.25, -0.2) is 0 Å². The van der Waals surface area contributed by atoms with E-state index in [-0.39, 0.29) is 11.6 Å². The third-order valence-electron chi connectivity index (χ3n) is 1.69. The highest BCUT2D eigenvalue weighted by molar-refractivity contribution is 5.07. The van der Waals surface area contributed by atoms with E-state index in [4.69, 9.17) is 0 Å². The summed E-state index contributed by atoms with van der Waals surface area (Å²) in [5.74, 6) is 0. The van der Waals surface area contributed by atoms with Crippen LogP contribution in [0, 0.1) is 0 Å². The van der Waals surface area contributed by atoms with E-state index < -0.39 is 0 Å². The van der Waals surface area contributed by atoms with Gasteiger partial charge >= 0.3 is 0 Å². The highest BCUT2D eigenvalue weighted by Crippen LogP contribution is 2.03. The Hall–Kier alpha value is -1.09. The maximum atomic E-state index is 10.8. The number of nitrogens with one attached hydrogen (secondary N) is 2. The lowest BCUT2D eigenvalue weighted by molar-refractivity contribution is 0.631. The molecule has 0 aliphatic heterocycles. The average Bonchev–Trinajstić information content (AvgIpc) is 2.03. The van der Waals surface area contributed by atoms with Crippen molar-refractivity contribution in [2.45, 2.75) is 13.0 Å². The summed E-state index contributed by atoms with van der Waals surface area (Å²) in [6, 6.07) is 5.35. The van der Waals surface area contributed by atoms with Crippen molar-refractivity contribution < 1.29 is 0 Å². The molecule has 0 bridgehead atoms. The Balaban J connectivity index is 2.96. The van der Waals surface area contributed by atoms with Crippen LogP contribution < -0.4 is 10.9 Å². The highest BCUT2D eigenvalue weighted by Gasteiger charge is 2.00. The van der Waals surface area contributed by atoms with E-state index in [2.05, 4.69) is 10.3 Å². The van der Waals surface area contributed by atoms with Gasteiger partial charge in [0.1, 0.15) is 0 Å². The van der Waals surface area contributed by atoms with Gasteiger partial charge in [-0.15, -0.1) is 0 Å². The molecule has 1 aromatic rings. The second kappa shape index (κ2) is 3.34. The molecular formula is C8H12N2O. The van der Waals surface area contributed by atoms with Gasteiger partial charge in [0.2, 0.25) is 5.56 Å². The molecule has 0 spiro atoms. The van der Waals surface area contributed by atoms with Crippen LogP contribution in [0.3, 0.4) is 0 Å². The number of hydrogen-bond donors (Lipinski definition) is 2. The normalized spacial score (nSPS) is 12.9. The van der Waals surface area contributed by atoms with Crippen LogP contribution in [0.15, 0.2) is 23.0 Å². The van der Waals surface area contributed by atoms with Gasteiger partial charge in [-0.3, -0.25) is 4.79 Å². The van der Waals surface area contributed by atoms with Crippen LogP contribution in [0.1, 0.15) is 18.7 Å². The second-order valence-electron chi connectivity index (χ2n) is 2.48. The van der Waals surface area contributed by atoms with E-state index >= 15 is 0 Å². The number of H-pyrrole nitrogens is 1. The molecule has 0 unspecified atom stereocenters. The van der Waals surface area contributed by atoms with Crippen LogP contribution in [-0.4, -0.2) is 12.0 Å². The van der Waals surface area contributed by atoms with Crippen LogP contribution in [0.4, 0.5) is 0 Å². The molecule has 3 heteroatoms. The maximum Gasteiger partial charge on any atom is 0.248 e. The zero-order chi connectivity index (χ0) is 8.27. The van der Waals surface area contributed by atoms with E-state index in [0.29, 0.717) is 0 Å². The molecule has 0 amide bonds. The first kappa shape index (κ1) is 8.01. The predicted molar refractivity (Wildman–Crippen MR) is 44.5 cm³/mol. The van der Waals surface area contributed by atoms with E-state index in [1.165, 1.54) is 6.07 Å². The van der Waals surface area contributed by atoms with Gasteiger partial charge < -0.3 is 10.3 Å². The average molecular weight is 152 g/mol. The third kappa shape index (κ3) is 1.91. The first-order valence-corrected chi connectivity index (χ1v) is 3.60. The van der Waals surface area contributed by atoms with Crippen molar-refractivity contribution in [3.63, 3.8) is 0 Å². The molecule has 0 aliphatic rings. The minimum atomic E-state index is -0.0513. The Morgan fingerprint density at radius 2 is 2.27 bits per heavy atom. The SMILES string of the molecule is CN[C@H](C)c1cccc(=O)[nH]1. The summed E-state index contributed by atoms with van der Waals surface area (Å²) in [5.41, 5.74) is 0.865. The van der Waals surface area contributed by atoms with Crippen molar-refractivity contribution in [3.05, 3.63) is 34.2 Å². The Morgan fingerprint density at radius 3 is 2.82 bits per heavy atom. The van der Waals surface area contributed by atoms with E-state index in [1.54, 1.807) is 6.07 Å². The van der Waals surface area contributed by atoms with E-state index in [9.17, 15) is 4.79 Å². The summed E-state index contributed by atoms with van der Waals surface area (Å²) >= 11 is 0. The fraction of sp³-hybridized carbons (Fsp3) is 0.375. The molecule has 60 valence electrons. The number of rotatable bonds is 2. The molecule has 1 rings (SSSR count). The van der Waals surface area contributed by atoms with Gasteiger partial charge in [0.15, 0.2) is 0 Å². The standard InChI is InChI=1S/C8H12N2O/c1-6(9-2)7-4-3-5-8(11)10-7/h3-6,9H,1-2H3,(H,10,11)/t6-/m1/s1. The van der Waals surface area contributed by atoms with Gasteiger partial charge in [0, 0.05) is 17.8 Å². The van der Waals surface area contributed by atoms with Crippen molar-refractivity contribution in [3.8, 4) is 0 Å². The first-order chi connectivity index (χ1) is 5.24. The summed E-state index contributed by atoms with van der Waals surface area (Å²) < 4.78 is 0. The van der Waals surface area contributed by atoms with Crippen LogP contribution in [0.25, 0.3) is 0 Å². The largest absolute Gasteiger partial charge is 0.325 e. The highest BCUT2D eigenvalue weighted by atomic mass is 16.1. The van der Waals surface area contributed by atoms with Gasteiger partial charge in [-0.05, 0) is 20.0 Å². The van der Waals surface area contributed by atoms with Crippen molar-refractivity contribution in [1.29, 1.82) is 0 Å². The molecule has 0 aromatic carbocycles. The van der Waals surface area contributed by atoms with Crippen LogP contribution in [-0.2, 0) is 0 Å². The van der Waals surface area contributed by atoms with Crippen molar-refractivity contribution in [2.75, 3.05) is 7.05 Å². The third-order valence-corrected chi connectivity index (χ3v) is 1.69. The summed E-state index contributed by atoms with van der Waals surface area (Å²) in [4.78, 5) is 13.6. The molecule has 0 saturated carbocycles. The molecular weight excluding hydrogens is 140 g/mol. The molecule has 1 atom stereocenters. The lowest BCUT2D eigenvalue weighted by Gasteiger charge is -2.08. The Kier molecular flexibility index (Phi) is 2.44. The van der Waals surface area contributed by atoms with Gasteiger partial charge in [0.25, 0.3) is 0 Å². The van der Waals surface area contributed by atoms with Crippen LogP contribution in [0.5, 0.6) is 0 Å². The monoisotopic (exact) mass is 152 g/mol. The maximum absolute atomic E-state index is 10.8. The zero-order valence-corrected chi connectivity index (χ0v) is 6.72. The van der Waals surface area contributed by atoms with Crippen molar-refractivity contribution in [1.82, 2.24) is 10.3 Å². The smallest absolute Gasteiger partial charge is 0.248 e. The lowest BCUT2D eigenvalue weighted by atomic mass is 10.2. The number of aromatic nitrogens is 1. The molecule has 0 saturated heterocycles. The number of hydrogen-bond acceptors (Lipinski definition) is 2. The van der Waals surface area contributed by atoms with Crippen LogP contribution >= 0.6 is 0 Å². The minimum absolute atomic E-state index is 0.0513. The Bertz CT molecular complexity index is 279. The fourth-order valence-corrected chi connectivity index (χ4v) is 0.873. The van der Waals surface area contributed by atoms with Crippen molar-refractivity contribution in [2.24, 2.45) is 0 Å². The fourth-order valence-electron chi connectivity index (χ4n) is 0.873. The van der Waals surface area contributed by atoms with Gasteiger partial charge in [0.05, 0.1) is 0 Å². The number of aromatic amines is 1. The predicted octanol–water partition coefficient (Wildman–Crippen LogP) is 0.655. The Morgan fingerprint density at radius 1 is 1.55 bits per heavy atom. The topological polar surface area (TPSA) is 44.9 Å². The van der Waals surface area contributed by atoms with Gasteiger partial charge in [-0.1, -0.05) is 6.07 Å². The quantitative estimate of drug-likeness (QED) is 0.653. The van der Waals surface area contributed by atoms with Crippen molar-refractivity contribution >= 4 is 0 Å². The summed E-state index contributed by atoms with van der Waals surface area (Å²) in [7, 11) is 1.86. The Labute approximate surface area is 65.5 Å². The second-order valence-corrected chi connectivity index (χ2v) is 2.48. The molecule has 1 aromatic heterocycles. The summed E-state index contributed by atoms with van der Waals surface area (Å²) in [5, 5.41) is 3.04. The molecule has 3 nitrogen and oxygen atoms in total. The molecule has 2 N–H and O–H groups in total. The molecule has 1 heterocycles. The molecule has 0 aliphatic carbocycles. The van der Waals surface area contributed by atoms with Gasteiger partial charge in [-0.2, -0.15) is 0 Å². The van der Waals surface area contributed by atoms with Crippen LogP contribution in [0.2, 0.25) is 0 Å². The first-order valence-electron chi connectivity index (χ1n) is 3.60.